The van der Waals surface area contributed by atoms with Crippen LogP contribution in [0.5, 0.6) is 5.75 Å². The molecule has 4 heterocycles. The molecule has 0 aliphatic carbocycles. The molecule has 1 fully saturated rings. The predicted molar refractivity (Wildman–Crippen MR) is 233 cm³/mol. The van der Waals surface area contributed by atoms with E-state index >= 15 is 0 Å². The van der Waals surface area contributed by atoms with Crippen LogP contribution in [0.4, 0.5) is 10.9 Å². The molecule has 0 radical (unpaired) electrons. The number of hydrogen-bond acceptors (Lipinski definition) is 11. The van der Waals surface area contributed by atoms with Crippen LogP contribution in [0, 0.1) is 18.8 Å². The number of amides is 1. The van der Waals surface area contributed by atoms with Crippen molar-refractivity contribution in [2.24, 2.45) is 11.8 Å². The number of piperidine rings is 1. The van der Waals surface area contributed by atoms with Crippen LogP contribution in [0.3, 0.4) is 0 Å². The van der Waals surface area contributed by atoms with Crippen LogP contribution >= 0.6 is 11.3 Å². The summed E-state index contributed by atoms with van der Waals surface area (Å²) in [5, 5.41) is 3.58. The van der Waals surface area contributed by atoms with Crippen molar-refractivity contribution in [3.8, 4) is 16.9 Å². The highest BCUT2D eigenvalue weighted by atomic mass is 32.1. The quantitative estimate of drug-likeness (QED) is 0.115. The molecule has 0 saturated carbocycles. The molecular weight excluding hydrogens is 763 g/mol. The van der Waals surface area contributed by atoms with Gasteiger partial charge in [0.1, 0.15) is 17.2 Å². The highest BCUT2D eigenvalue weighted by molar-refractivity contribution is 7.22. The number of anilines is 2. The first-order valence-corrected chi connectivity index (χ1v) is 21.6. The summed E-state index contributed by atoms with van der Waals surface area (Å²) < 4.78 is 18.5. The zero-order valence-corrected chi connectivity index (χ0v) is 35.8. The number of ether oxygens (including phenoxy) is 3. The highest BCUT2D eigenvalue weighted by Crippen LogP contribution is 2.36. The lowest BCUT2D eigenvalue weighted by Gasteiger charge is -2.34. The third-order valence-electron chi connectivity index (χ3n) is 11.3. The zero-order chi connectivity index (χ0) is 41.7. The molecule has 11 nitrogen and oxygen atoms in total. The Hall–Kier alpha value is -5.33. The lowest BCUT2D eigenvalue weighted by molar-refractivity contribution is -0.144. The maximum atomic E-state index is 13.9. The molecule has 2 aromatic heterocycles. The molecule has 2 aliphatic rings. The van der Waals surface area contributed by atoms with Crippen molar-refractivity contribution in [3.63, 3.8) is 0 Å². The number of nitrogens with zero attached hydrogens (tertiary/aromatic N) is 4. The van der Waals surface area contributed by atoms with Gasteiger partial charge < -0.3 is 19.1 Å². The van der Waals surface area contributed by atoms with Crippen molar-refractivity contribution in [3.05, 3.63) is 101 Å². The van der Waals surface area contributed by atoms with Gasteiger partial charge in [0.05, 0.1) is 30.0 Å². The van der Waals surface area contributed by atoms with E-state index in [0.29, 0.717) is 73.2 Å². The Balaban J connectivity index is 1.07. The number of nitrogens with one attached hydrogen (secondary N) is 1. The number of likely N-dealkylation sites (tertiary alicyclic amines) is 1. The second-order valence-corrected chi connectivity index (χ2v) is 17.6. The first-order valence-electron chi connectivity index (χ1n) is 20.7. The highest BCUT2D eigenvalue weighted by Gasteiger charge is 2.29. The van der Waals surface area contributed by atoms with Gasteiger partial charge in [-0.1, -0.05) is 54.7 Å². The van der Waals surface area contributed by atoms with Gasteiger partial charge in [0.2, 0.25) is 0 Å². The fourth-order valence-electron chi connectivity index (χ4n) is 8.13. The Morgan fingerprint density at radius 1 is 0.932 bits per heavy atom. The molecule has 3 aromatic carbocycles. The van der Waals surface area contributed by atoms with E-state index in [1.165, 1.54) is 11.3 Å². The normalized spacial score (nSPS) is 15.4. The van der Waals surface area contributed by atoms with Gasteiger partial charge in [0.15, 0.2) is 10.8 Å². The van der Waals surface area contributed by atoms with E-state index in [9.17, 15) is 14.4 Å². The number of para-hydroxylation sites is 1. The molecule has 1 N–H and O–H groups in total. The van der Waals surface area contributed by atoms with Crippen LogP contribution in [-0.4, -0.2) is 77.7 Å². The number of rotatable bonds is 13. The Kier molecular flexibility index (Phi) is 13.0. The molecule has 0 bridgehead atoms. The van der Waals surface area contributed by atoms with E-state index in [4.69, 9.17) is 19.2 Å². The second-order valence-electron chi connectivity index (χ2n) is 16.6. The Morgan fingerprint density at radius 2 is 1.71 bits per heavy atom. The predicted octanol–water partition coefficient (Wildman–Crippen LogP) is 9.12. The number of thiazole rings is 1. The summed E-state index contributed by atoms with van der Waals surface area (Å²) in [4.78, 5) is 53.5. The number of carbonyl (C=O) groups is 3. The average molecular weight is 818 g/mol. The molecule has 12 heteroatoms. The molecule has 1 saturated heterocycles. The molecular formula is C47H55N5O6S. The van der Waals surface area contributed by atoms with Crippen LogP contribution in [0.2, 0.25) is 0 Å². The number of fused-ring (bicyclic) bond motifs is 2. The summed E-state index contributed by atoms with van der Waals surface area (Å²) in [5.41, 5.74) is 5.42. The van der Waals surface area contributed by atoms with Gasteiger partial charge in [-0.3, -0.25) is 19.8 Å². The van der Waals surface area contributed by atoms with Crippen molar-refractivity contribution < 1.29 is 28.6 Å². The molecule has 310 valence electrons. The second kappa shape index (κ2) is 18.3. The van der Waals surface area contributed by atoms with Crippen LogP contribution in [0.1, 0.15) is 91.4 Å². The van der Waals surface area contributed by atoms with Crippen LogP contribution in [0.25, 0.3) is 21.3 Å². The van der Waals surface area contributed by atoms with Gasteiger partial charge in [-0.15, -0.1) is 0 Å². The Labute approximate surface area is 351 Å². The van der Waals surface area contributed by atoms with E-state index in [0.717, 1.165) is 70.6 Å². The SMILES string of the molecule is CCOC(=O)CN1CCC([C@H](C)CCOc2cccc(-c3ccc(N4CCc5cccc(C(=O)Nc6nc7ccccc7s6)c5C4)nc3C(=O)OC(C)(C)C)c2C)CC1. The summed E-state index contributed by atoms with van der Waals surface area (Å²) in [5.74, 6) is 1.59. The number of hydrogen-bond donors (Lipinski definition) is 1. The standard InChI is InChI=1S/C47H55N5O6S/c1-7-56-42(53)29-51-24-20-32(21-25-51)30(2)23-27-57-39-16-11-13-34(31(39)3)35-18-19-41(49-43(35)45(55)58-47(4,5)6)52-26-22-33-12-10-14-36(37(33)28-52)44(54)50-46-48-38-15-8-9-17-40(38)59-46/h8-19,30,32H,7,20-29H2,1-6H3,(H,48,50,54)/t30-/m1/s1. The number of carbonyl (C=O) groups excluding carboxylic acids is 3. The molecule has 0 spiro atoms. The zero-order valence-electron chi connectivity index (χ0n) is 35.0. The van der Waals surface area contributed by atoms with Crippen molar-refractivity contribution >= 4 is 50.3 Å². The monoisotopic (exact) mass is 817 g/mol. The minimum atomic E-state index is -0.726. The van der Waals surface area contributed by atoms with Gasteiger partial charge in [0.25, 0.3) is 5.91 Å². The van der Waals surface area contributed by atoms with Crippen molar-refractivity contribution in [1.29, 1.82) is 0 Å². The third-order valence-corrected chi connectivity index (χ3v) is 12.3. The fraction of sp³-hybridized carbons (Fsp3) is 0.426. The third kappa shape index (κ3) is 10.1. The smallest absolute Gasteiger partial charge is 0.358 e. The molecule has 0 unspecified atom stereocenters. The van der Waals surface area contributed by atoms with E-state index in [2.05, 4.69) is 33.1 Å². The van der Waals surface area contributed by atoms with Crippen LogP contribution in [-0.2, 0) is 27.2 Å². The summed E-state index contributed by atoms with van der Waals surface area (Å²) in [7, 11) is 0. The number of esters is 2. The van der Waals surface area contributed by atoms with Crippen molar-refractivity contribution in [2.75, 3.05) is 49.6 Å². The molecule has 59 heavy (non-hydrogen) atoms. The summed E-state index contributed by atoms with van der Waals surface area (Å²) in [6.45, 7) is 16.0. The van der Waals surface area contributed by atoms with Gasteiger partial charge in [-0.25, -0.2) is 14.8 Å². The van der Waals surface area contributed by atoms with Crippen molar-refractivity contribution in [2.45, 2.75) is 79.4 Å². The number of pyridine rings is 1. The van der Waals surface area contributed by atoms with Crippen molar-refractivity contribution in [1.82, 2.24) is 14.9 Å². The average Bonchev–Trinajstić information content (AvgIpc) is 3.63. The van der Waals surface area contributed by atoms with E-state index in [-0.39, 0.29) is 17.6 Å². The fourth-order valence-corrected chi connectivity index (χ4v) is 8.99. The van der Waals surface area contributed by atoms with Crippen LogP contribution < -0.4 is 15.0 Å². The Morgan fingerprint density at radius 3 is 2.47 bits per heavy atom. The first kappa shape index (κ1) is 41.8. The van der Waals surface area contributed by atoms with E-state index < -0.39 is 11.6 Å². The maximum Gasteiger partial charge on any atom is 0.358 e. The van der Waals surface area contributed by atoms with Gasteiger partial charge >= 0.3 is 11.9 Å². The molecule has 2 aliphatic heterocycles. The van der Waals surface area contributed by atoms with E-state index in [1.807, 2.05) is 101 Å². The maximum absolute atomic E-state index is 13.9. The first-order chi connectivity index (χ1) is 28.4. The largest absolute Gasteiger partial charge is 0.493 e. The van der Waals surface area contributed by atoms with Gasteiger partial charge in [0, 0.05) is 24.2 Å². The lowest BCUT2D eigenvalue weighted by atomic mass is 9.84. The minimum absolute atomic E-state index is 0.151. The lowest BCUT2D eigenvalue weighted by Crippen LogP contribution is -2.39. The van der Waals surface area contributed by atoms with Gasteiger partial charge in [-0.05, 0) is 144 Å². The van der Waals surface area contributed by atoms with E-state index in [1.54, 1.807) is 0 Å². The summed E-state index contributed by atoms with van der Waals surface area (Å²) in [6, 6.07) is 23.5. The topological polar surface area (TPSA) is 123 Å². The summed E-state index contributed by atoms with van der Waals surface area (Å²) in [6.07, 6.45) is 3.73. The molecule has 7 rings (SSSR count). The van der Waals surface area contributed by atoms with Crippen LogP contribution in [0.15, 0.2) is 72.8 Å². The summed E-state index contributed by atoms with van der Waals surface area (Å²) >= 11 is 1.45. The number of benzene rings is 3. The minimum Gasteiger partial charge on any atom is -0.493 e. The van der Waals surface area contributed by atoms with Gasteiger partial charge in [-0.2, -0.15) is 0 Å². The Bertz CT molecular complexity index is 2280. The number of aromatic nitrogens is 2. The molecule has 5 aromatic rings. The molecule has 1 atom stereocenters. The molecule has 1 amide bonds.